The normalized spacial score (nSPS) is 10.9. The second-order valence-corrected chi connectivity index (χ2v) is 5.62. The number of aromatic amines is 1. The molecule has 0 aromatic carbocycles. The summed E-state index contributed by atoms with van der Waals surface area (Å²) in [5, 5.41) is 2.10. The van der Waals surface area contributed by atoms with Crippen LogP contribution in [0.25, 0.3) is 0 Å². The van der Waals surface area contributed by atoms with Crippen molar-refractivity contribution in [3.8, 4) is 0 Å². The molecule has 16 heavy (non-hydrogen) atoms. The van der Waals surface area contributed by atoms with Crippen molar-refractivity contribution in [2.24, 2.45) is 0 Å². The molecule has 0 atom stereocenters. The summed E-state index contributed by atoms with van der Waals surface area (Å²) in [6, 6.07) is 8.52. The summed E-state index contributed by atoms with van der Waals surface area (Å²) < 4.78 is 0.875. The van der Waals surface area contributed by atoms with E-state index in [4.69, 9.17) is 12.2 Å². The molecule has 2 aromatic rings. The Morgan fingerprint density at radius 1 is 1.31 bits per heavy atom. The van der Waals surface area contributed by atoms with Gasteiger partial charge in [-0.1, -0.05) is 38.2 Å². The molecule has 84 valence electrons. The molecule has 0 saturated carbocycles. The van der Waals surface area contributed by atoms with Gasteiger partial charge in [0.25, 0.3) is 0 Å². The number of nitrogens with one attached hydrogen (secondary N) is 1. The van der Waals surface area contributed by atoms with Crippen LogP contribution in [0.4, 0.5) is 0 Å². The molecule has 2 rings (SSSR count). The predicted molar refractivity (Wildman–Crippen MR) is 72.8 cm³/mol. The third-order valence-corrected chi connectivity index (χ3v) is 3.82. The molecular weight excluding hydrogens is 234 g/mol. The molecule has 0 unspecified atom stereocenters. The maximum atomic E-state index is 5.38. The first kappa shape index (κ1) is 11.6. The Kier molecular flexibility index (Phi) is 3.56. The van der Waals surface area contributed by atoms with Crippen LogP contribution in [-0.2, 0) is 6.42 Å². The van der Waals surface area contributed by atoms with Gasteiger partial charge in [0.15, 0.2) is 0 Å². The molecule has 0 spiro atoms. The third-order valence-electron chi connectivity index (χ3n) is 2.58. The van der Waals surface area contributed by atoms with Crippen molar-refractivity contribution in [2.45, 2.75) is 26.2 Å². The summed E-state index contributed by atoms with van der Waals surface area (Å²) in [5.74, 6) is 0.498. The van der Waals surface area contributed by atoms with Crippen LogP contribution in [0, 0.1) is 4.64 Å². The minimum absolute atomic E-state index is 0.498. The molecule has 0 amide bonds. The minimum atomic E-state index is 0.498. The minimum Gasteiger partial charge on any atom is -0.350 e. The van der Waals surface area contributed by atoms with Crippen LogP contribution in [0.5, 0.6) is 0 Å². The van der Waals surface area contributed by atoms with E-state index in [1.165, 1.54) is 16.1 Å². The van der Waals surface area contributed by atoms with Crippen LogP contribution in [0.15, 0.2) is 29.6 Å². The quantitative estimate of drug-likeness (QED) is 0.791. The molecule has 0 fully saturated rings. The number of hydrogen-bond donors (Lipinski definition) is 1. The van der Waals surface area contributed by atoms with E-state index in [-0.39, 0.29) is 0 Å². The fourth-order valence-corrected chi connectivity index (χ4v) is 2.58. The van der Waals surface area contributed by atoms with Gasteiger partial charge >= 0.3 is 0 Å². The van der Waals surface area contributed by atoms with E-state index in [2.05, 4.69) is 48.5 Å². The molecule has 1 N–H and O–H groups in total. The van der Waals surface area contributed by atoms with Gasteiger partial charge in [0.05, 0.1) is 0 Å². The zero-order chi connectivity index (χ0) is 11.5. The van der Waals surface area contributed by atoms with Crippen molar-refractivity contribution in [1.29, 1.82) is 0 Å². The van der Waals surface area contributed by atoms with Gasteiger partial charge in [-0.15, -0.1) is 11.3 Å². The lowest BCUT2D eigenvalue weighted by Gasteiger charge is -2.07. The van der Waals surface area contributed by atoms with Gasteiger partial charge in [0.1, 0.15) is 4.64 Å². The molecular formula is C13H15NS2. The average Bonchev–Trinajstić information content (AvgIpc) is 2.73. The molecule has 0 saturated heterocycles. The lowest BCUT2D eigenvalue weighted by atomic mass is 10.1. The summed E-state index contributed by atoms with van der Waals surface area (Å²) in [7, 11) is 0. The smallest absolute Gasteiger partial charge is 0.107 e. The summed E-state index contributed by atoms with van der Waals surface area (Å²) in [5.41, 5.74) is 2.42. The molecule has 0 bridgehead atoms. The Balaban J connectivity index is 2.27. The fourth-order valence-electron chi connectivity index (χ4n) is 1.60. The first-order valence-electron chi connectivity index (χ1n) is 5.41. The standard InChI is InChI=1S/C13H15NS2/c1-9(2)12-6-5-10(13(15)14-12)8-11-4-3-7-16-11/h3-7,9H,8H2,1-2H3,(H,14,15). The Morgan fingerprint density at radius 2 is 2.12 bits per heavy atom. The molecule has 0 aliphatic rings. The maximum Gasteiger partial charge on any atom is 0.107 e. The number of hydrogen-bond acceptors (Lipinski definition) is 2. The maximum absolute atomic E-state index is 5.38. The molecule has 2 heterocycles. The topological polar surface area (TPSA) is 15.8 Å². The number of thiophene rings is 1. The van der Waals surface area contributed by atoms with E-state index < -0.39 is 0 Å². The van der Waals surface area contributed by atoms with Gasteiger partial charge < -0.3 is 4.98 Å². The summed E-state index contributed by atoms with van der Waals surface area (Å²) in [4.78, 5) is 4.67. The molecule has 3 heteroatoms. The van der Waals surface area contributed by atoms with E-state index in [1.54, 1.807) is 11.3 Å². The van der Waals surface area contributed by atoms with Crippen LogP contribution < -0.4 is 0 Å². The number of pyridine rings is 1. The van der Waals surface area contributed by atoms with Crippen LogP contribution in [0.3, 0.4) is 0 Å². The Bertz CT molecular complexity index is 509. The van der Waals surface area contributed by atoms with Crippen molar-refractivity contribution >= 4 is 23.6 Å². The van der Waals surface area contributed by atoms with Gasteiger partial charge in [-0.25, -0.2) is 0 Å². The number of aromatic nitrogens is 1. The summed E-state index contributed by atoms with van der Waals surface area (Å²) in [6.45, 7) is 4.33. The SMILES string of the molecule is CC(C)c1ccc(Cc2cccs2)c(=S)[nH]1. The highest BCUT2D eigenvalue weighted by molar-refractivity contribution is 7.71. The third kappa shape index (κ3) is 2.60. The molecule has 1 nitrogen and oxygen atoms in total. The Hall–Kier alpha value is -0.930. The summed E-state index contributed by atoms with van der Waals surface area (Å²) >= 11 is 7.16. The molecule has 0 aliphatic carbocycles. The van der Waals surface area contributed by atoms with Gasteiger partial charge in [-0.2, -0.15) is 0 Å². The van der Waals surface area contributed by atoms with E-state index >= 15 is 0 Å². The van der Waals surface area contributed by atoms with Gasteiger partial charge in [-0.3, -0.25) is 0 Å². The van der Waals surface area contributed by atoms with Gasteiger partial charge in [0, 0.05) is 17.0 Å². The van der Waals surface area contributed by atoms with Crippen molar-refractivity contribution in [3.05, 3.63) is 50.4 Å². The van der Waals surface area contributed by atoms with E-state index in [0.717, 1.165) is 11.1 Å². The number of H-pyrrole nitrogens is 1. The summed E-state index contributed by atoms with van der Waals surface area (Å²) in [6.07, 6.45) is 0.936. The monoisotopic (exact) mass is 249 g/mol. The fraction of sp³-hybridized carbons (Fsp3) is 0.308. The molecule has 2 aromatic heterocycles. The van der Waals surface area contributed by atoms with Crippen molar-refractivity contribution in [1.82, 2.24) is 4.98 Å². The van der Waals surface area contributed by atoms with E-state index in [0.29, 0.717) is 5.92 Å². The molecule has 0 radical (unpaired) electrons. The van der Waals surface area contributed by atoms with E-state index in [9.17, 15) is 0 Å². The highest BCUT2D eigenvalue weighted by Gasteiger charge is 2.03. The Labute approximate surface area is 105 Å². The van der Waals surface area contributed by atoms with Crippen LogP contribution >= 0.6 is 23.6 Å². The average molecular weight is 249 g/mol. The van der Waals surface area contributed by atoms with Gasteiger partial charge in [-0.05, 0) is 29.0 Å². The largest absolute Gasteiger partial charge is 0.350 e. The van der Waals surface area contributed by atoms with E-state index in [1.807, 2.05) is 0 Å². The lowest BCUT2D eigenvalue weighted by molar-refractivity contribution is 0.817. The Morgan fingerprint density at radius 3 is 2.69 bits per heavy atom. The second kappa shape index (κ2) is 4.93. The molecule has 0 aliphatic heterocycles. The van der Waals surface area contributed by atoms with Crippen molar-refractivity contribution in [2.75, 3.05) is 0 Å². The first-order chi connectivity index (χ1) is 7.66. The number of rotatable bonds is 3. The van der Waals surface area contributed by atoms with Gasteiger partial charge in [0.2, 0.25) is 0 Å². The zero-order valence-corrected chi connectivity index (χ0v) is 11.1. The second-order valence-electron chi connectivity index (χ2n) is 4.18. The first-order valence-corrected chi connectivity index (χ1v) is 6.70. The van der Waals surface area contributed by atoms with Crippen LogP contribution in [-0.4, -0.2) is 4.98 Å². The van der Waals surface area contributed by atoms with Crippen LogP contribution in [0.2, 0.25) is 0 Å². The lowest BCUT2D eigenvalue weighted by Crippen LogP contribution is -1.96. The highest BCUT2D eigenvalue weighted by atomic mass is 32.1. The van der Waals surface area contributed by atoms with Crippen molar-refractivity contribution in [3.63, 3.8) is 0 Å². The van der Waals surface area contributed by atoms with Crippen molar-refractivity contribution < 1.29 is 0 Å². The zero-order valence-electron chi connectivity index (χ0n) is 9.49. The highest BCUT2D eigenvalue weighted by Crippen LogP contribution is 2.17. The predicted octanol–water partition coefficient (Wildman–Crippen LogP) is 4.52. The van der Waals surface area contributed by atoms with Crippen LogP contribution in [0.1, 0.15) is 35.9 Å².